The van der Waals surface area contributed by atoms with E-state index in [0.717, 1.165) is 46.5 Å². The van der Waals surface area contributed by atoms with Crippen molar-refractivity contribution in [3.8, 4) is 5.75 Å². The van der Waals surface area contributed by atoms with Crippen LogP contribution in [0.1, 0.15) is 27.8 Å². The van der Waals surface area contributed by atoms with Gasteiger partial charge in [-0.15, -0.1) is 0 Å². The molecule has 1 N–H and O–H groups in total. The third-order valence-corrected chi connectivity index (χ3v) is 5.23. The lowest BCUT2D eigenvalue weighted by Crippen LogP contribution is -3.10. The molecule has 0 amide bonds. The first-order valence-electron chi connectivity index (χ1n) is 8.71. The molecule has 2 aromatic carbocycles. The van der Waals surface area contributed by atoms with Gasteiger partial charge in [0, 0.05) is 27.6 Å². The average Bonchev–Trinajstić information content (AvgIpc) is 2.63. The maximum absolute atomic E-state index is 13.1. The second-order valence-electron chi connectivity index (χ2n) is 7.02. The Kier molecular flexibility index (Phi) is 4.04. The van der Waals surface area contributed by atoms with Crippen LogP contribution >= 0.6 is 0 Å². The molecule has 0 spiro atoms. The van der Waals surface area contributed by atoms with Crippen LogP contribution in [-0.4, -0.2) is 6.73 Å². The molecular weight excluding hydrogens is 333 g/mol. The fourth-order valence-corrected chi connectivity index (χ4v) is 3.62. The van der Waals surface area contributed by atoms with Crippen molar-refractivity contribution in [1.82, 2.24) is 0 Å². The number of hydrogen-bond donors (Lipinski definition) is 1. The highest BCUT2D eigenvalue weighted by Crippen LogP contribution is 2.33. The Bertz CT molecular complexity index is 1050. The molecule has 3 aromatic rings. The Balaban J connectivity index is 1.71. The quantitative estimate of drug-likeness (QED) is 0.720. The smallest absolute Gasteiger partial charge is 0.339 e. The average molecular weight is 354 g/mol. The van der Waals surface area contributed by atoms with E-state index in [1.54, 1.807) is 6.92 Å². The van der Waals surface area contributed by atoms with Gasteiger partial charge in [-0.2, -0.15) is 0 Å². The topological polar surface area (TPSA) is 43.9 Å². The summed E-state index contributed by atoms with van der Waals surface area (Å²) in [7, 11) is 0. The zero-order valence-corrected chi connectivity index (χ0v) is 15.1. The SMILES string of the molecule is Cc1c(C)c2cc3c(c(C)c2oc1=O)OC[NH+](Cc1ccc(F)cc1)C3. The lowest BCUT2D eigenvalue weighted by molar-refractivity contribution is -0.945. The van der Waals surface area contributed by atoms with Gasteiger partial charge in [-0.05, 0) is 44.5 Å². The summed E-state index contributed by atoms with van der Waals surface area (Å²) < 4.78 is 24.6. The highest BCUT2D eigenvalue weighted by Gasteiger charge is 2.25. The highest BCUT2D eigenvalue weighted by atomic mass is 19.1. The van der Waals surface area contributed by atoms with Gasteiger partial charge in [0.05, 0.1) is 0 Å². The van der Waals surface area contributed by atoms with Crippen LogP contribution in [0.2, 0.25) is 0 Å². The zero-order valence-electron chi connectivity index (χ0n) is 15.1. The lowest BCUT2D eigenvalue weighted by atomic mass is 9.99. The van der Waals surface area contributed by atoms with Crippen molar-refractivity contribution >= 4 is 11.0 Å². The molecule has 1 aromatic heterocycles. The van der Waals surface area contributed by atoms with Gasteiger partial charge in [0.2, 0.25) is 6.73 Å². The molecule has 1 unspecified atom stereocenters. The van der Waals surface area contributed by atoms with E-state index in [1.807, 2.05) is 26.0 Å². The van der Waals surface area contributed by atoms with E-state index in [1.165, 1.54) is 17.0 Å². The van der Waals surface area contributed by atoms with Crippen molar-refractivity contribution in [2.75, 3.05) is 6.73 Å². The van der Waals surface area contributed by atoms with Crippen LogP contribution in [0.15, 0.2) is 39.5 Å². The van der Waals surface area contributed by atoms with Crippen LogP contribution in [0, 0.1) is 26.6 Å². The van der Waals surface area contributed by atoms with E-state index in [-0.39, 0.29) is 11.4 Å². The molecule has 4 rings (SSSR count). The largest absolute Gasteiger partial charge is 0.444 e. The van der Waals surface area contributed by atoms with Crippen LogP contribution in [0.5, 0.6) is 5.75 Å². The van der Waals surface area contributed by atoms with Crippen molar-refractivity contribution in [1.29, 1.82) is 0 Å². The van der Waals surface area contributed by atoms with Gasteiger partial charge >= 0.3 is 5.63 Å². The monoisotopic (exact) mass is 354 g/mol. The minimum atomic E-state index is -0.294. The normalized spacial score (nSPS) is 16.4. The van der Waals surface area contributed by atoms with Crippen molar-refractivity contribution < 1.29 is 18.4 Å². The van der Waals surface area contributed by atoms with Gasteiger partial charge in [-0.25, -0.2) is 9.18 Å². The number of fused-ring (bicyclic) bond motifs is 2. The third-order valence-electron chi connectivity index (χ3n) is 5.23. The van der Waals surface area contributed by atoms with E-state index in [2.05, 4.69) is 6.07 Å². The van der Waals surface area contributed by atoms with Crippen LogP contribution in [0.4, 0.5) is 4.39 Å². The van der Waals surface area contributed by atoms with E-state index in [9.17, 15) is 9.18 Å². The molecule has 1 aliphatic heterocycles. The van der Waals surface area contributed by atoms with Crippen molar-refractivity contribution in [2.45, 2.75) is 33.9 Å². The summed E-state index contributed by atoms with van der Waals surface area (Å²) in [6, 6.07) is 8.67. The summed E-state index contributed by atoms with van der Waals surface area (Å²) in [4.78, 5) is 13.3. The van der Waals surface area contributed by atoms with Crippen LogP contribution < -0.4 is 15.3 Å². The van der Waals surface area contributed by atoms with Gasteiger partial charge in [0.1, 0.15) is 30.2 Å². The molecule has 0 bridgehead atoms. The molecule has 2 heterocycles. The Morgan fingerprint density at radius 3 is 2.54 bits per heavy atom. The first kappa shape index (κ1) is 16.8. The molecule has 0 saturated carbocycles. The molecule has 0 radical (unpaired) electrons. The number of hydrogen-bond acceptors (Lipinski definition) is 3. The Labute approximate surface area is 150 Å². The summed E-state index contributed by atoms with van der Waals surface area (Å²) in [5, 5.41) is 0.963. The molecule has 134 valence electrons. The molecular formula is C21H21FNO3+. The number of quaternary nitrogens is 1. The van der Waals surface area contributed by atoms with E-state index in [0.29, 0.717) is 17.9 Å². The maximum atomic E-state index is 13.1. The summed E-state index contributed by atoms with van der Waals surface area (Å²) in [6.07, 6.45) is 0. The molecule has 0 fully saturated rings. The number of aryl methyl sites for hydroxylation is 2. The zero-order chi connectivity index (χ0) is 18.4. The molecule has 26 heavy (non-hydrogen) atoms. The number of rotatable bonds is 2. The van der Waals surface area contributed by atoms with Crippen molar-refractivity contribution in [2.24, 2.45) is 0 Å². The predicted octanol–water partition coefficient (Wildman–Crippen LogP) is 2.79. The van der Waals surface area contributed by atoms with Crippen molar-refractivity contribution in [3.05, 3.63) is 74.4 Å². The standard InChI is InChI=1S/C21H20FNO3/c1-12-13(2)21(24)26-20-14(3)19-16(8-18(12)20)10-23(11-25-19)9-15-4-6-17(22)7-5-15/h4-8H,9-11H2,1-3H3/p+1. The van der Waals surface area contributed by atoms with Crippen molar-refractivity contribution in [3.63, 3.8) is 0 Å². The molecule has 0 aliphatic carbocycles. The van der Waals surface area contributed by atoms with Gasteiger partial charge < -0.3 is 9.15 Å². The Morgan fingerprint density at radius 1 is 1.08 bits per heavy atom. The predicted molar refractivity (Wildman–Crippen MR) is 97.0 cm³/mol. The minimum absolute atomic E-state index is 0.224. The van der Waals surface area contributed by atoms with Gasteiger partial charge in [0.25, 0.3) is 0 Å². The van der Waals surface area contributed by atoms with Gasteiger partial charge in [-0.3, -0.25) is 4.90 Å². The van der Waals surface area contributed by atoms with E-state index < -0.39 is 0 Å². The number of nitrogens with one attached hydrogen (secondary N) is 1. The van der Waals surface area contributed by atoms with Crippen LogP contribution in [0.3, 0.4) is 0 Å². The summed E-state index contributed by atoms with van der Waals surface area (Å²) in [6.45, 7) is 7.76. The van der Waals surface area contributed by atoms with E-state index in [4.69, 9.17) is 9.15 Å². The first-order chi connectivity index (χ1) is 12.4. The molecule has 5 heteroatoms. The number of benzene rings is 2. The molecule has 1 atom stereocenters. The Morgan fingerprint density at radius 2 is 1.81 bits per heavy atom. The molecule has 1 aliphatic rings. The molecule has 0 saturated heterocycles. The van der Waals surface area contributed by atoms with Crippen LogP contribution in [0.25, 0.3) is 11.0 Å². The van der Waals surface area contributed by atoms with Gasteiger partial charge in [-0.1, -0.05) is 12.1 Å². The summed E-state index contributed by atoms with van der Waals surface area (Å²) in [5.41, 5.74) is 4.96. The fraction of sp³-hybridized carbons (Fsp3) is 0.286. The highest BCUT2D eigenvalue weighted by molar-refractivity contribution is 5.86. The first-order valence-corrected chi connectivity index (χ1v) is 8.71. The second-order valence-corrected chi connectivity index (χ2v) is 7.02. The fourth-order valence-electron chi connectivity index (χ4n) is 3.62. The van der Waals surface area contributed by atoms with Crippen LogP contribution in [-0.2, 0) is 13.1 Å². The summed E-state index contributed by atoms with van der Waals surface area (Å²) >= 11 is 0. The maximum Gasteiger partial charge on any atom is 0.339 e. The minimum Gasteiger partial charge on any atom is -0.444 e. The van der Waals surface area contributed by atoms with Gasteiger partial charge in [0.15, 0.2) is 0 Å². The lowest BCUT2D eigenvalue weighted by Gasteiger charge is -2.27. The van der Waals surface area contributed by atoms with E-state index >= 15 is 0 Å². The Hall–Kier alpha value is -2.66. The number of halogens is 1. The third kappa shape index (κ3) is 2.78. The molecule has 4 nitrogen and oxygen atoms in total. The number of ether oxygens (including phenoxy) is 1. The second kappa shape index (κ2) is 6.25. The summed E-state index contributed by atoms with van der Waals surface area (Å²) in [5.74, 6) is 0.588.